The van der Waals surface area contributed by atoms with Crippen molar-refractivity contribution in [3.05, 3.63) is 51.8 Å². The zero-order valence-electron chi connectivity index (χ0n) is 13.0. The van der Waals surface area contributed by atoms with Crippen LogP contribution in [0.1, 0.15) is 16.8 Å². The fourth-order valence-electron chi connectivity index (χ4n) is 2.78. The second-order valence-corrected chi connectivity index (χ2v) is 5.73. The lowest BCUT2D eigenvalue weighted by atomic mass is 10.1. The summed E-state index contributed by atoms with van der Waals surface area (Å²) < 4.78 is 0. The summed E-state index contributed by atoms with van der Waals surface area (Å²) in [5, 5.41) is 0. The Bertz CT molecular complexity index is 689. The molecular weight excluding hydrogens is 278 g/mol. The van der Waals surface area contributed by atoms with Crippen LogP contribution in [0.25, 0.3) is 0 Å². The normalized spacial score (nSPS) is 16.0. The molecule has 0 saturated carbocycles. The van der Waals surface area contributed by atoms with Gasteiger partial charge >= 0.3 is 0 Å². The maximum absolute atomic E-state index is 12.0. The van der Waals surface area contributed by atoms with E-state index in [4.69, 9.17) is 0 Å². The molecule has 0 spiro atoms. The fourth-order valence-corrected chi connectivity index (χ4v) is 2.78. The van der Waals surface area contributed by atoms with Crippen molar-refractivity contribution in [2.75, 3.05) is 31.1 Å². The van der Waals surface area contributed by atoms with Gasteiger partial charge in [0.15, 0.2) is 5.43 Å². The van der Waals surface area contributed by atoms with E-state index in [0.29, 0.717) is 0 Å². The van der Waals surface area contributed by atoms with Gasteiger partial charge in [-0.2, -0.15) is 0 Å². The highest BCUT2D eigenvalue weighted by Gasteiger charge is 2.19. The minimum absolute atomic E-state index is 0.145. The van der Waals surface area contributed by atoms with Crippen molar-refractivity contribution in [2.45, 2.75) is 20.4 Å². The topological polar surface area (TPSA) is 65.1 Å². The van der Waals surface area contributed by atoms with Crippen LogP contribution in [0.2, 0.25) is 0 Å². The van der Waals surface area contributed by atoms with Crippen LogP contribution in [0, 0.1) is 13.8 Å². The van der Waals surface area contributed by atoms with Crippen LogP contribution in [-0.4, -0.2) is 46.0 Å². The highest BCUT2D eigenvalue weighted by molar-refractivity contribution is 5.35. The van der Waals surface area contributed by atoms with Gasteiger partial charge in [0, 0.05) is 68.1 Å². The predicted octanol–water partition coefficient (Wildman–Crippen LogP) is 1.10. The molecule has 2 aromatic rings. The number of hydrogen-bond acceptors (Lipinski definition) is 5. The van der Waals surface area contributed by atoms with Crippen LogP contribution >= 0.6 is 0 Å². The van der Waals surface area contributed by atoms with E-state index in [-0.39, 0.29) is 5.43 Å². The number of hydrogen-bond donors (Lipinski definition) is 1. The maximum Gasteiger partial charge on any atom is 0.187 e. The number of aryl methyl sites for hydroxylation is 1. The molecule has 1 aliphatic heterocycles. The van der Waals surface area contributed by atoms with E-state index in [9.17, 15) is 4.79 Å². The van der Waals surface area contributed by atoms with Crippen LogP contribution < -0.4 is 10.3 Å². The molecule has 0 atom stereocenters. The number of rotatable bonds is 3. The first-order valence-corrected chi connectivity index (χ1v) is 7.56. The summed E-state index contributed by atoms with van der Waals surface area (Å²) >= 11 is 0. The Morgan fingerprint density at radius 1 is 1.18 bits per heavy atom. The van der Waals surface area contributed by atoms with Crippen LogP contribution in [0.5, 0.6) is 0 Å². The number of anilines is 1. The van der Waals surface area contributed by atoms with Gasteiger partial charge < -0.3 is 9.88 Å². The Morgan fingerprint density at radius 2 is 1.95 bits per heavy atom. The zero-order valence-corrected chi connectivity index (χ0v) is 13.0. The number of H-pyrrole nitrogens is 1. The Hall–Kier alpha value is -2.21. The van der Waals surface area contributed by atoms with E-state index in [0.717, 1.165) is 55.4 Å². The Labute approximate surface area is 129 Å². The molecule has 3 heterocycles. The number of aromatic nitrogens is 3. The van der Waals surface area contributed by atoms with Gasteiger partial charge in [-0.15, -0.1) is 0 Å². The van der Waals surface area contributed by atoms with Gasteiger partial charge in [-0.1, -0.05) is 0 Å². The summed E-state index contributed by atoms with van der Waals surface area (Å²) in [6, 6.07) is 0. The summed E-state index contributed by atoms with van der Waals surface area (Å²) in [5.74, 6) is 0.932. The van der Waals surface area contributed by atoms with E-state index in [2.05, 4.69) is 24.8 Å². The highest BCUT2D eigenvalue weighted by atomic mass is 16.1. The standard InChI is InChI=1S/C16H21N5O/c1-12-9-19-14(13(2)16(12)22)11-20-5-7-21(8-6-20)15-10-17-3-4-18-15/h3-4,9-10H,5-8,11H2,1-2H3,(H,19,22). The Balaban J connectivity index is 1.63. The second kappa shape index (κ2) is 6.27. The number of piperazine rings is 1. The van der Waals surface area contributed by atoms with E-state index in [1.165, 1.54) is 0 Å². The van der Waals surface area contributed by atoms with Crippen LogP contribution in [0.15, 0.2) is 29.6 Å². The van der Waals surface area contributed by atoms with Crippen molar-refractivity contribution in [3.8, 4) is 0 Å². The fraction of sp³-hybridized carbons (Fsp3) is 0.438. The van der Waals surface area contributed by atoms with Gasteiger partial charge in [-0.3, -0.25) is 14.7 Å². The average Bonchev–Trinajstić information content (AvgIpc) is 2.57. The molecule has 0 aromatic carbocycles. The molecule has 0 unspecified atom stereocenters. The molecule has 22 heavy (non-hydrogen) atoms. The lowest BCUT2D eigenvalue weighted by Gasteiger charge is -2.35. The number of nitrogens with zero attached hydrogens (tertiary/aromatic N) is 4. The third-order valence-electron chi connectivity index (χ3n) is 4.24. The zero-order chi connectivity index (χ0) is 15.5. The van der Waals surface area contributed by atoms with Gasteiger partial charge in [0.25, 0.3) is 0 Å². The lowest BCUT2D eigenvalue weighted by molar-refractivity contribution is 0.246. The van der Waals surface area contributed by atoms with Crippen LogP contribution in [0.3, 0.4) is 0 Å². The highest BCUT2D eigenvalue weighted by Crippen LogP contribution is 2.13. The molecule has 6 nitrogen and oxygen atoms in total. The molecule has 3 rings (SSSR count). The maximum atomic E-state index is 12.0. The minimum Gasteiger partial charge on any atom is -0.363 e. The van der Waals surface area contributed by atoms with Crippen molar-refractivity contribution in [3.63, 3.8) is 0 Å². The van der Waals surface area contributed by atoms with Crippen molar-refractivity contribution in [1.29, 1.82) is 0 Å². The molecule has 1 fully saturated rings. The number of nitrogens with one attached hydrogen (secondary N) is 1. The van der Waals surface area contributed by atoms with E-state index < -0.39 is 0 Å². The van der Waals surface area contributed by atoms with Crippen molar-refractivity contribution in [1.82, 2.24) is 19.9 Å². The van der Waals surface area contributed by atoms with E-state index in [1.54, 1.807) is 24.8 Å². The van der Waals surface area contributed by atoms with E-state index >= 15 is 0 Å². The first-order valence-electron chi connectivity index (χ1n) is 7.56. The van der Waals surface area contributed by atoms with Gasteiger partial charge in [0.05, 0.1) is 6.20 Å². The molecular formula is C16H21N5O. The molecule has 1 saturated heterocycles. The van der Waals surface area contributed by atoms with E-state index in [1.807, 2.05) is 13.8 Å². The predicted molar refractivity (Wildman–Crippen MR) is 86.1 cm³/mol. The van der Waals surface area contributed by atoms with Crippen molar-refractivity contribution < 1.29 is 0 Å². The number of pyridine rings is 1. The number of aromatic amines is 1. The average molecular weight is 299 g/mol. The van der Waals surface area contributed by atoms with Gasteiger partial charge in [-0.25, -0.2) is 4.98 Å². The molecule has 116 valence electrons. The molecule has 0 amide bonds. The summed E-state index contributed by atoms with van der Waals surface area (Å²) in [6.45, 7) is 8.28. The van der Waals surface area contributed by atoms with Crippen LogP contribution in [-0.2, 0) is 6.54 Å². The Morgan fingerprint density at radius 3 is 2.64 bits per heavy atom. The summed E-state index contributed by atoms with van der Waals surface area (Å²) in [4.78, 5) is 28.3. The minimum atomic E-state index is 0.145. The molecule has 6 heteroatoms. The molecule has 0 aliphatic carbocycles. The van der Waals surface area contributed by atoms with Crippen LogP contribution in [0.4, 0.5) is 5.82 Å². The molecule has 0 bridgehead atoms. The first-order chi connectivity index (χ1) is 10.6. The summed E-state index contributed by atoms with van der Waals surface area (Å²) in [5.41, 5.74) is 2.76. The second-order valence-electron chi connectivity index (χ2n) is 5.73. The van der Waals surface area contributed by atoms with Crippen molar-refractivity contribution in [2.24, 2.45) is 0 Å². The molecule has 2 aromatic heterocycles. The molecule has 1 aliphatic rings. The molecule has 0 radical (unpaired) electrons. The van der Waals surface area contributed by atoms with Gasteiger partial charge in [0.2, 0.25) is 0 Å². The van der Waals surface area contributed by atoms with Gasteiger partial charge in [0.1, 0.15) is 5.82 Å². The Kier molecular flexibility index (Phi) is 4.20. The quantitative estimate of drug-likeness (QED) is 0.919. The molecule has 1 N–H and O–H groups in total. The monoisotopic (exact) mass is 299 g/mol. The first kappa shape index (κ1) is 14.7. The van der Waals surface area contributed by atoms with Crippen molar-refractivity contribution >= 4 is 5.82 Å². The SMILES string of the molecule is Cc1c[nH]c(CN2CCN(c3cnccn3)CC2)c(C)c1=O. The summed E-state index contributed by atoms with van der Waals surface area (Å²) in [6.07, 6.45) is 7.02. The summed E-state index contributed by atoms with van der Waals surface area (Å²) in [7, 11) is 0. The third-order valence-corrected chi connectivity index (χ3v) is 4.24. The largest absolute Gasteiger partial charge is 0.363 e. The van der Waals surface area contributed by atoms with Gasteiger partial charge in [-0.05, 0) is 13.8 Å². The lowest BCUT2D eigenvalue weighted by Crippen LogP contribution is -2.46. The smallest absolute Gasteiger partial charge is 0.187 e. The third kappa shape index (κ3) is 3.01.